The van der Waals surface area contributed by atoms with Crippen LogP contribution in [0.4, 0.5) is 8.78 Å². The van der Waals surface area contributed by atoms with E-state index in [1.54, 1.807) is 0 Å². The van der Waals surface area contributed by atoms with E-state index in [2.05, 4.69) is 0 Å². The fourth-order valence-electron chi connectivity index (χ4n) is 2.66. The third-order valence-electron chi connectivity index (χ3n) is 3.83. The summed E-state index contributed by atoms with van der Waals surface area (Å²) in [7, 11) is -2.06. The summed E-state index contributed by atoms with van der Waals surface area (Å²) in [6.45, 7) is 9.11. The van der Waals surface area contributed by atoms with Gasteiger partial charge in [-0.1, -0.05) is 26.6 Å². The highest BCUT2D eigenvalue weighted by Gasteiger charge is 2.31. The van der Waals surface area contributed by atoms with Crippen molar-refractivity contribution < 1.29 is 18.3 Å². The zero-order chi connectivity index (χ0) is 15.6. The molecule has 21 heavy (non-hydrogen) atoms. The Labute approximate surface area is 126 Å². The molecule has 1 aromatic carbocycles. The predicted molar refractivity (Wildman–Crippen MR) is 83.2 cm³/mol. The van der Waals surface area contributed by atoms with Crippen molar-refractivity contribution in [3.63, 3.8) is 0 Å². The highest BCUT2D eigenvalue weighted by molar-refractivity contribution is 6.89. The summed E-state index contributed by atoms with van der Waals surface area (Å²) < 4.78 is 40.3. The first-order chi connectivity index (χ1) is 9.84. The molecule has 0 atom stereocenters. The van der Waals surface area contributed by atoms with Gasteiger partial charge in [0, 0.05) is 18.0 Å². The van der Waals surface area contributed by atoms with Crippen LogP contribution in [-0.4, -0.2) is 27.4 Å². The zero-order valence-corrected chi connectivity index (χ0v) is 14.3. The van der Waals surface area contributed by atoms with Crippen molar-refractivity contribution in [2.75, 3.05) is 13.2 Å². The lowest BCUT2D eigenvalue weighted by molar-refractivity contribution is 0.0243. The Kier molecular flexibility index (Phi) is 5.04. The van der Waals surface area contributed by atoms with Gasteiger partial charge in [-0.05, 0) is 18.1 Å². The predicted octanol–water partition coefficient (Wildman–Crippen LogP) is 3.63. The van der Waals surface area contributed by atoms with Gasteiger partial charge in [-0.25, -0.2) is 8.78 Å². The largest absolute Gasteiger partial charge is 0.487 e. The highest BCUT2D eigenvalue weighted by atomic mass is 28.3. The minimum atomic E-state index is -2.06. The summed E-state index contributed by atoms with van der Waals surface area (Å²) in [5, 5.41) is 0.478. The Bertz CT molecular complexity index is 506. The molecular formula is C16H24F2O2Si. The molecule has 0 bridgehead atoms. The van der Waals surface area contributed by atoms with E-state index in [4.69, 9.17) is 9.47 Å². The van der Waals surface area contributed by atoms with E-state index >= 15 is 0 Å². The second-order valence-corrected chi connectivity index (χ2v) is 11.6. The minimum absolute atomic E-state index is 0.0878. The molecule has 1 aromatic rings. The maximum Gasteiger partial charge on any atom is 0.165 e. The van der Waals surface area contributed by atoms with Crippen LogP contribution in [0.5, 0.6) is 5.75 Å². The van der Waals surface area contributed by atoms with Gasteiger partial charge < -0.3 is 9.47 Å². The zero-order valence-electron chi connectivity index (χ0n) is 13.3. The van der Waals surface area contributed by atoms with Crippen molar-refractivity contribution in [1.29, 1.82) is 0 Å². The van der Waals surface area contributed by atoms with Gasteiger partial charge in [-0.15, -0.1) is 0 Å². The van der Waals surface area contributed by atoms with Gasteiger partial charge in [0.2, 0.25) is 0 Å². The van der Waals surface area contributed by atoms with E-state index < -0.39 is 13.9 Å². The van der Waals surface area contributed by atoms with Crippen molar-refractivity contribution in [2.45, 2.75) is 51.9 Å². The van der Waals surface area contributed by atoms with Crippen molar-refractivity contribution >= 4 is 13.3 Å². The summed E-state index contributed by atoms with van der Waals surface area (Å²) in [5.74, 6) is -0.576. The van der Waals surface area contributed by atoms with Crippen molar-refractivity contribution in [1.82, 2.24) is 0 Å². The third-order valence-corrected chi connectivity index (χ3v) is 5.78. The normalized spacial score (nSPS) is 17.0. The molecule has 0 saturated carbocycles. The average Bonchev–Trinajstić information content (AvgIpc) is 2.42. The molecule has 1 heterocycles. The van der Waals surface area contributed by atoms with E-state index in [-0.39, 0.29) is 17.7 Å². The van der Waals surface area contributed by atoms with Crippen LogP contribution in [-0.2, 0) is 11.2 Å². The summed E-state index contributed by atoms with van der Waals surface area (Å²) in [6.07, 6.45) is 1.84. The SMILES string of the molecule is CCc1cc(F)c(OC2CCOCC2)c([Si](C)(C)C)c1F. The molecule has 0 aromatic heterocycles. The van der Waals surface area contributed by atoms with E-state index in [9.17, 15) is 8.78 Å². The summed E-state index contributed by atoms with van der Waals surface area (Å²) >= 11 is 0. The van der Waals surface area contributed by atoms with E-state index in [0.29, 0.717) is 30.4 Å². The van der Waals surface area contributed by atoms with Crippen LogP contribution in [0.1, 0.15) is 25.3 Å². The Balaban J connectivity index is 2.45. The van der Waals surface area contributed by atoms with Gasteiger partial charge in [0.25, 0.3) is 0 Å². The van der Waals surface area contributed by atoms with Crippen LogP contribution in [0.15, 0.2) is 6.07 Å². The van der Waals surface area contributed by atoms with Gasteiger partial charge in [0.05, 0.1) is 21.3 Å². The van der Waals surface area contributed by atoms with Gasteiger partial charge >= 0.3 is 0 Å². The number of aryl methyl sites for hydroxylation is 1. The number of ether oxygens (including phenoxy) is 2. The lowest BCUT2D eigenvalue weighted by Crippen LogP contribution is -2.43. The molecule has 5 heteroatoms. The molecule has 0 N–H and O–H groups in total. The molecule has 0 spiro atoms. The standard InChI is InChI=1S/C16H24F2O2Si/c1-5-11-10-13(17)15(16(14(11)18)21(2,3)4)20-12-6-8-19-9-7-12/h10,12H,5-9H2,1-4H3. The Morgan fingerprint density at radius 1 is 1.24 bits per heavy atom. The molecular weight excluding hydrogens is 290 g/mol. The van der Waals surface area contributed by atoms with Crippen LogP contribution < -0.4 is 9.92 Å². The molecule has 2 rings (SSSR count). The van der Waals surface area contributed by atoms with Gasteiger partial charge in [0.1, 0.15) is 11.9 Å². The topological polar surface area (TPSA) is 18.5 Å². The molecule has 1 aliphatic heterocycles. The van der Waals surface area contributed by atoms with Crippen molar-refractivity contribution in [3.05, 3.63) is 23.3 Å². The first kappa shape index (κ1) is 16.4. The fourth-order valence-corrected chi connectivity index (χ4v) is 4.34. The number of hydrogen-bond donors (Lipinski definition) is 0. The third kappa shape index (κ3) is 3.63. The lowest BCUT2D eigenvalue weighted by atomic mass is 10.1. The molecule has 0 unspecified atom stereocenters. The number of benzene rings is 1. The molecule has 1 aliphatic rings. The second kappa shape index (κ2) is 6.44. The average molecular weight is 314 g/mol. The van der Waals surface area contributed by atoms with E-state index in [1.165, 1.54) is 6.07 Å². The second-order valence-electron chi connectivity index (χ2n) is 6.57. The Morgan fingerprint density at radius 2 is 1.86 bits per heavy atom. The first-order valence-electron chi connectivity index (χ1n) is 7.60. The van der Waals surface area contributed by atoms with Gasteiger partial charge in [0.15, 0.2) is 11.6 Å². The van der Waals surface area contributed by atoms with Crippen LogP contribution in [0, 0.1) is 11.6 Å². The van der Waals surface area contributed by atoms with Crippen LogP contribution in [0.3, 0.4) is 0 Å². The van der Waals surface area contributed by atoms with E-state index in [1.807, 2.05) is 26.6 Å². The molecule has 118 valence electrons. The summed E-state index contributed by atoms with van der Waals surface area (Å²) in [6, 6.07) is 1.29. The summed E-state index contributed by atoms with van der Waals surface area (Å²) in [5.41, 5.74) is 0.434. The number of halogens is 2. The van der Waals surface area contributed by atoms with Crippen molar-refractivity contribution in [3.8, 4) is 5.75 Å². The number of rotatable bonds is 4. The van der Waals surface area contributed by atoms with E-state index in [0.717, 1.165) is 12.8 Å². The smallest absolute Gasteiger partial charge is 0.165 e. The van der Waals surface area contributed by atoms with Crippen molar-refractivity contribution in [2.24, 2.45) is 0 Å². The number of hydrogen-bond acceptors (Lipinski definition) is 2. The fraction of sp³-hybridized carbons (Fsp3) is 0.625. The maximum absolute atomic E-state index is 14.7. The first-order valence-corrected chi connectivity index (χ1v) is 11.1. The van der Waals surface area contributed by atoms with Gasteiger partial charge in [-0.3, -0.25) is 0 Å². The monoisotopic (exact) mass is 314 g/mol. The van der Waals surface area contributed by atoms with Crippen LogP contribution >= 0.6 is 0 Å². The maximum atomic E-state index is 14.7. The minimum Gasteiger partial charge on any atom is -0.487 e. The Morgan fingerprint density at radius 3 is 2.38 bits per heavy atom. The summed E-state index contributed by atoms with van der Waals surface area (Å²) in [4.78, 5) is 0. The molecule has 2 nitrogen and oxygen atoms in total. The lowest BCUT2D eigenvalue weighted by Gasteiger charge is -2.28. The van der Waals surface area contributed by atoms with Crippen LogP contribution in [0.2, 0.25) is 19.6 Å². The van der Waals surface area contributed by atoms with Gasteiger partial charge in [-0.2, -0.15) is 0 Å². The molecule has 0 aliphatic carbocycles. The molecule has 0 amide bonds. The van der Waals surface area contributed by atoms with Crippen LogP contribution in [0.25, 0.3) is 0 Å². The Hall–Kier alpha value is -0.943. The highest BCUT2D eigenvalue weighted by Crippen LogP contribution is 2.26. The molecule has 1 saturated heterocycles. The molecule has 1 fully saturated rings. The molecule has 0 radical (unpaired) electrons. The quantitative estimate of drug-likeness (QED) is 0.790.